The van der Waals surface area contributed by atoms with Gasteiger partial charge in [0.15, 0.2) is 0 Å². The largest absolute Gasteiger partial charge is 0.338 e. The Kier molecular flexibility index (Phi) is 9.22. The van der Waals surface area contributed by atoms with Crippen LogP contribution in [0.2, 0.25) is 0 Å². The lowest BCUT2D eigenvalue weighted by atomic mass is 9.99. The molecule has 0 aliphatic carbocycles. The van der Waals surface area contributed by atoms with Crippen molar-refractivity contribution in [2.75, 3.05) is 19.6 Å². The Morgan fingerprint density at radius 2 is 1.92 bits per heavy atom. The first-order valence-electron chi connectivity index (χ1n) is 8.97. The Hall–Kier alpha value is -0.810. The van der Waals surface area contributed by atoms with Gasteiger partial charge in [-0.15, -0.1) is 24.8 Å². The molecule has 2 N–H and O–H groups in total. The highest BCUT2D eigenvalue weighted by Gasteiger charge is 2.38. The second kappa shape index (κ2) is 10.4. The molecule has 0 radical (unpaired) electrons. The predicted molar refractivity (Wildman–Crippen MR) is 107 cm³/mol. The molecular weight excluding hydrogens is 357 g/mol. The van der Waals surface area contributed by atoms with Gasteiger partial charge in [0.2, 0.25) is 5.91 Å². The number of piperidine rings is 1. The van der Waals surface area contributed by atoms with Gasteiger partial charge < -0.3 is 10.6 Å². The third kappa shape index (κ3) is 5.33. The van der Waals surface area contributed by atoms with E-state index in [4.69, 9.17) is 5.73 Å². The van der Waals surface area contributed by atoms with Crippen LogP contribution in [0.5, 0.6) is 0 Å². The number of nitrogens with two attached hydrogens (primary N) is 1. The minimum absolute atomic E-state index is 0. The predicted octanol–water partition coefficient (Wildman–Crippen LogP) is 3.08. The lowest BCUT2D eigenvalue weighted by Crippen LogP contribution is -2.51. The number of hydrogen-bond donors (Lipinski definition) is 1. The van der Waals surface area contributed by atoms with Crippen molar-refractivity contribution in [2.24, 2.45) is 11.7 Å². The standard InChI is InChI=1S/C19H29N3O.2ClH/c1-15-11-17(12-20)14-22(15)19(23)18-9-5-6-10-21(18)13-16-7-3-2-4-8-16;;/h2-4,7-8,15,17-18H,5-6,9-14,20H2,1H3;2*1H. The fourth-order valence-electron chi connectivity index (χ4n) is 4.09. The van der Waals surface area contributed by atoms with E-state index < -0.39 is 0 Å². The molecule has 3 atom stereocenters. The quantitative estimate of drug-likeness (QED) is 0.863. The number of carbonyl (C=O) groups is 1. The van der Waals surface area contributed by atoms with Crippen LogP contribution in [0.3, 0.4) is 0 Å². The number of hydrogen-bond acceptors (Lipinski definition) is 3. The maximum Gasteiger partial charge on any atom is 0.240 e. The second-order valence-corrected chi connectivity index (χ2v) is 7.14. The molecule has 142 valence electrons. The van der Waals surface area contributed by atoms with Crippen molar-refractivity contribution in [3.8, 4) is 0 Å². The minimum atomic E-state index is 0. The first-order chi connectivity index (χ1) is 11.2. The number of carbonyl (C=O) groups excluding carboxylic acids is 1. The van der Waals surface area contributed by atoms with Crippen molar-refractivity contribution >= 4 is 30.7 Å². The van der Waals surface area contributed by atoms with Crippen molar-refractivity contribution in [2.45, 2.75) is 51.2 Å². The summed E-state index contributed by atoms with van der Waals surface area (Å²) in [6, 6.07) is 10.9. The molecule has 3 rings (SSSR count). The summed E-state index contributed by atoms with van der Waals surface area (Å²) in [5, 5.41) is 0. The van der Waals surface area contributed by atoms with Crippen LogP contribution in [-0.4, -0.2) is 47.4 Å². The van der Waals surface area contributed by atoms with E-state index in [0.29, 0.717) is 24.4 Å². The number of halogens is 2. The van der Waals surface area contributed by atoms with E-state index >= 15 is 0 Å². The van der Waals surface area contributed by atoms with Crippen LogP contribution < -0.4 is 5.73 Å². The summed E-state index contributed by atoms with van der Waals surface area (Å²) in [6.07, 6.45) is 4.39. The van der Waals surface area contributed by atoms with Crippen LogP contribution in [0, 0.1) is 5.92 Å². The smallest absolute Gasteiger partial charge is 0.240 e. The summed E-state index contributed by atoms with van der Waals surface area (Å²) in [5.74, 6) is 0.796. The number of likely N-dealkylation sites (tertiary alicyclic amines) is 2. The second-order valence-electron chi connectivity index (χ2n) is 7.14. The number of rotatable bonds is 4. The maximum absolute atomic E-state index is 13.1. The molecule has 2 aliphatic rings. The van der Waals surface area contributed by atoms with Gasteiger partial charge in [-0.2, -0.15) is 0 Å². The molecule has 1 aromatic rings. The Balaban J connectivity index is 0.00000156. The molecule has 2 fully saturated rings. The van der Waals surface area contributed by atoms with Gasteiger partial charge in [-0.05, 0) is 50.8 Å². The molecule has 0 bridgehead atoms. The summed E-state index contributed by atoms with van der Waals surface area (Å²) in [4.78, 5) is 17.6. The lowest BCUT2D eigenvalue weighted by molar-refractivity contribution is -0.139. The summed E-state index contributed by atoms with van der Waals surface area (Å²) in [7, 11) is 0. The fraction of sp³-hybridized carbons (Fsp3) is 0.632. The first kappa shape index (κ1) is 22.2. The topological polar surface area (TPSA) is 49.6 Å². The third-order valence-corrected chi connectivity index (χ3v) is 5.41. The van der Waals surface area contributed by atoms with E-state index in [0.717, 1.165) is 38.9 Å². The monoisotopic (exact) mass is 387 g/mol. The van der Waals surface area contributed by atoms with E-state index in [1.165, 1.54) is 12.0 Å². The number of amides is 1. The number of nitrogens with zero attached hydrogens (tertiary/aromatic N) is 2. The molecule has 1 amide bonds. The molecule has 2 heterocycles. The molecule has 6 heteroatoms. The van der Waals surface area contributed by atoms with E-state index in [-0.39, 0.29) is 30.9 Å². The summed E-state index contributed by atoms with van der Waals surface area (Å²) in [6.45, 7) is 5.59. The van der Waals surface area contributed by atoms with Crippen LogP contribution in [0.15, 0.2) is 30.3 Å². The van der Waals surface area contributed by atoms with Gasteiger partial charge in [-0.1, -0.05) is 36.8 Å². The van der Waals surface area contributed by atoms with Crippen LogP contribution in [-0.2, 0) is 11.3 Å². The van der Waals surface area contributed by atoms with Crippen molar-refractivity contribution in [3.05, 3.63) is 35.9 Å². The van der Waals surface area contributed by atoms with E-state index in [1.807, 2.05) is 6.07 Å². The SMILES string of the molecule is CC1CC(CN)CN1C(=O)C1CCCCN1Cc1ccccc1.Cl.Cl. The van der Waals surface area contributed by atoms with E-state index in [2.05, 4.69) is 41.0 Å². The lowest BCUT2D eigenvalue weighted by Gasteiger charge is -2.38. The minimum Gasteiger partial charge on any atom is -0.338 e. The zero-order chi connectivity index (χ0) is 16.2. The molecule has 4 nitrogen and oxygen atoms in total. The highest BCUT2D eigenvalue weighted by molar-refractivity contribution is 5.85. The Morgan fingerprint density at radius 1 is 1.20 bits per heavy atom. The normalized spacial score (nSPS) is 26.6. The Labute approximate surface area is 163 Å². The average molecular weight is 388 g/mol. The van der Waals surface area contributed by atoms with Gasteiger partial charge in [0, 0.05) is 19.1 Å². The van der Waals surface area contributed by atoms with E-state index in [1.54, 1.807) is 0 Å². The highest BCUT2D eigenvalue weighted by atomic mass is 35.5. The summed E-state index contributed by atoms with van der Waals surface area (Å²) < 4.78 is 0. The Bertz CT molecular complexity index is 529. The van der Waals surface area contributed by atoms with Crippen LogP contribution in [0.25, 0.3) is 0 Å². The van der Waals surface area contributed by atoms with Gasteiger partial charge in [0.25, 0.3) is 0 Å². The zero-order valence-electron chi connectivity index (χ0n) is 15.0. The maximum atomic E-state index is 13.1. The van der Waals surface area contributed by atoms with Crippen molar-refractivity contribution < 1.29 is 4.79 Å². The van der Waals surface area contributed by atoms with E-state index in [9.17, 15) is 4.79 Å². The van der Waals surface area contributed by atoms with Crippen molar-refractivity contribution in [1.82, 2.24) is 9.80 Å². The molecule has 2 saturated heterocycles. The highest BCUT2D eigenvalue weighted by Crippen LogP contribution is 2.27. The Morgan fingerprint density at radius 3 is 2.56 bits per heavy atom. The van der Waals surface area contributed by atoms with Gasteiger partial charge >= 0.3 is 0 Å². The van der Waals surface area contributed by atoms with Gasteiger partial charge in [0.1, 0.15) is 0 Å². The van der Waals surface area contributed by atoms with Crippen LogP contribution in [0.1, 0.15) is 38.2 Å². The van der Waals surface area contributed by atoms with Gasteiger partial charge in [-0.25, -0.2) is 0 Å². The zero-order valence-corrected chi connectivity index (χ0v) is 16.6. The van der Waals surface area contributed by atoms with Gasteiger partial charge in [-0.3, -0.25) is 9.69 Å². The summed E-state index contributed by atoms with van der Waals surface area (Å²) in [5.41, 5.74) is 7.11. The van der Waals surface area contributed by atoms with Crippen LogP contribution in [0.4, 0.5) is 0 Å². The first-order valence-corrected chi connectivity index (χ1v) is 8.97. The molecule has 25 heavy (non-hydrogen) atoms. The average Bonchev–Trinajstić information content (AvgIpc) is 2.97. The molecule has 0 aromatic heterocycles. The summed E-state index contributed by atoms with van der Waals surface area (Å²) >= 11 is 0. The van der Waals surface area contributed by atoms with Crippen LogP contribution >= 0.6 is 24.8 Å². The molecule has 0 saturated carbocycles. The molecule has 1 aromatic carbocycles. The van der Waals surface area contributed by atoms with Gasteiger partial charge in [0.05, 0.1) is 6.04 Å². The molecule has 2 aliphatic heterocycles. The molecular formula is C19H31Cl2N3O. The number of benzene rings is 1. The fourth-order valence-corrected chi connectivity index (χ4v) is 4.09. The van der Waals surface area contributed by atoms with Crippen molar-refractivity contribution in [1.29, 1.82) is 0 Å². The third-order valence-electron chi connectivity index (χ3n) is 5.41. The molecule has 3 unspecified atom stereocenters. The van der Waals surface area contributed by atoms with Crippen molar-refractivity contribution in [3.63, 3.8) is 0 Å². The molecule has 0 spiro atoms.